The third-order valence-corrected chi connectivity index (χ3v) is 4.23. The van der Waals surface area contributed by atoms with E-state index in [0.717, 1.165) is 35.4 Å². The van der Waals surface area contributed by atoms with Gasteiger partial charge in [0.25, 0.3) is 0 Å². The zero-order chi connectivity index (χ0) is 13.9. The van der Waals surface area contributed by atoms with Crippen LogP contribution in [-0.4, -0.2) is 23.2 Å². The Balaban J connectivity index is 1.80. The van der Waals surface area contributed by atoms with Crippen LogP contribution in [0.4, 0.5) is 0 Å². The number of para-hydroxylation sites is 1. The summed E-state index contributed by atoms with van der Waals surface area (Å²) in [7, 11) is 0. The fraction of sp³-hybridized carbons (Fsp3) is 0.250. The number of aromatic hydroxyl groups is 1. The zero-order valence-electron chi connectivity index (χ0n) is 11.1. The van der Waals surface area contributed by atoms with Gasteiger partial charge in [-0.1, -0.05) is 34.1 Å². The summed E-state index contributed by atoms with van der Waals surface area (Å²) in [5.41, 5.74) is 2.30. The molecule has 0 bridgehead atoms. The van der Waals surface area contributed by atoms with Crippen molar-refractivity contribution in [1.29, 1.82) is 0 Å². The van der Waals surface area contributed by atoms with Gasteiger partial charge in [0, 0.05) is 29.7 Å². The zero-order valence-corrected chi connectivity index (χ0v) is 12.6. The minimum Gasteiger partial charge on any atom is -0.508 e. The van der Waals surface area contributed by atoms with Gasteiger partial charge >= 0.3 is 0 Å². The average molecular weight is 334 g/mol. The maximum Gasteiger partial charge on any atom is 0.123 e. The molecule has 1 aliphatic heterocycles. The number of hydrogen-bond acceptors (Lipinski definition) is 3. The fourth-order valence-electron chi connectivity index (χ4n) is 2.44. The molecule has 1 aliphatic rings. The molecule has 1 N–H and O–H groups in total. The molecule has 0 amide bonds. The van der Waals surface area contributed by atoms with E-state index < -0.39 is 0 Å². The van der Waals surface area contributed by atoms with E-state index in [0.29, 0.717) is 12.4 Å². The van der Waals surface area contributed by atoms with Crippen LogP contribution in [0.15, 0.2) is 46.9 Å². The highest BCUT2D eigenvalue weighted by Gasteiger charge is 2.16. The van der Waals surface area contributed by atoms with E-state index >= 15 is 0 Å². The molecule has 0 radical (unpaired) electrons. The molecule has 0 fully saturated rings. The van der Waals surface area contributed by atoms with Crippen LogP contribution >= 0.6 is 15.9 Å². The van der Waals surface area contributed by atoms with E-state index in [-0.39, 0.29) is 0 Å². The van der Waals surface area contributed by atoms with Gasteiger partial charge in [0.2, 0.25) is 0 Å². The predicted molar refractivity (Wildman–Crippen MR) is 81.9 cm³/mol. The second-order valence-electron chi connectivity index (χ2n) is 4.94. The van der Waals surface area contributed by atoms with Crippen molar-refractivity contribution in [3.63, 3.8) is 0 Å². The van der Waals surface area contributed by atoms with E-state index in [1.54, 1.807) is 6.07 Å². The topological polar surface area (TPSA) is 32.7 Å². The van der Waals surface area contributed by atoms with Crippen molar-refractivity contribution in [3.8, 4) is 11.5 Å². The van der Waals surface area contributed by atoms with Gasteiger partial charge in [-0.05, 0) is 29.8 Å². The van der Waals surface area contributed by atoms with Crippen LogP contribution in [0.3, 0.4) is 0 Å². The number of ether oxygens (including phenoxy) is 1. The molecule has 0 unspecified atom stereocenters. The molecule has 0 atom stereocenters. The summed E-state index contributed by atoms with van der Waals surface area (Å²) in [6, 6.07) is 13.5. The van der Waals surface area contributed by atoms with Gasteiger partial charge in [-0.25, -0.2) is 0 Å². The number of nitrogens with zero attached hydrogens (tertiary/aromatic N) is 1. The molecule has 0 saturated carbocycles. The normalized spacial score (nSPS) is 15.2. The van der Waals surface area contributed by atoms with Gasteiger partial charge in [0.15, 0.2) is 0 Å². The number of benzene rings is 2. The summed E-state index contributed by atoms with van der Waals surface area (Å²) in [6.45, 7) is 3.20. The van der Waals surface area contributed by atoms with Gasteiger partial charge < -0.3 is 9.84 Å². The summed E-state index contributed by atoms with van der Waals surface area (Å²) in [5, 5.41) is 9.62. The SMILES string of the molecule is Oc1ccc(Br)c(CN2CCOc3ccccc3C2)c1. The van der Waals surface area contributed by atoms with E-state index in [9.17, 15) is 5.11 Å². The van der Waals surface area contributed by atoms with Crippen molar-refractivity contribution in [1.82, 2.24) is 4.90 Å². The Hall–Kier alpha value is -1.52. The van der Waals surface area contributed by atoms with Crippen molar-refractivity contribution in [2.45, 2.75) is 13.1 Å². The molecular formula is C16H16BrNO2. The molecule has 0 aliphatic carbocycles. The molecule has 2 aromatic carbocycles. The first-order valence-corrected chi connectivity index (χ1v) is 7.42. The van der Waals surface area contributed by atoms with E-state index in [4.69, 9.17) is 4.74 Å². The number of fused-ring (bicyclic) bond motifs is 1. The van der Waals surface area contributed by atoms with Gasteiger partial charge in [0.1, 0.15) is 18.1 Å². The molecule has 0 aromatic heterocycles. The first-order chi connectivity index (χ1) is 9.72. The molecule has 0 spiro atoms. The highest BCUT2D eigenvalue weighted by molar-refractivity contribution is 9.10. The molecule has 3 nitrogen and oxygen atoms in total. The maximum atomic E-state index is 9.62. The second kappa shape index (κ2) is 5.85. The number of phenols is 1. The van der Waals surface area contributed by atoms with Gasteiger partial charge in [-0.2, -0.15) is 0 Å². The van der Waals surface area contributed by atoms with Crippen molar-refractivity contribution in [3.05, 3.63) is 58.1 Å². The monoisotopic (exact) mass is 333 g/mol. The average Bonchev–Trinajstić information content (AvgIpc) is 2.64. The van der Waals surface area contributed by atoms with Crippen LogP contribution < -0.4 is 4.74 Å². The van der Waals surface area contributed by atoms with Crippen LogP contribution in [0.2, 0.25) is 0 Å². The number of hydrogen-bond donors (Lipinski definition) is 1. The number of rotatable bonds is 2. The van der Waals surface area contributed by atoms with Crippen molar-refractivity contribution in [2.24, 2.45) is 0 Å². The molecule has 20 heavy (non-hydrogen) atoms. The van der Waals surface area contributed by atoms with Crippen LogP contribution in [0.1, 0.15) is 11.1 Å². The Morgan fingerprint density at radius 3 is 2.95 bits per heavy atom. The Labute approximate surface area is 126 Å². The lowest BCUT2D eigenvalue weighted by molar-refractivity contribution is 0.219. The highest BCUT2D eigenvalue weighted by Crippen LogP contribution is 2.26. The quantitative estimate of drug-likeness (QED) is 0.912. The largest absolute Gasteiger partial charge is 0.508 e. The summed E-state index contributed by atoms with van der Waals surface area (Å²) in [6.07, 6.45) is 0. The Bertz CT molecular complexity index is 615. The third kappa shape index (κ3) is 2.97. The molecule has 1 heterocycles. The summed E-state index contributed by atoms with van der Waals surface area (Å²) < 4.78 is 6.79. The second-order valence-corrected chi connectivity index (χ2v) is 5.80. The van der Waals surface area contributed by atoms with E-state index in [2.05, 4.69) is 26.9 Å². The Morgan fingerprint density at radius 1 is 1.20 bits per heavy atom. The summed E-state index contributed by atoms with van der Waals surface area (Å²) in [5.74, 6) is 1.28. The maximum absolute atomic E-state index is 9.62. The van der Waals surface area contributed by atoms with Crippen LogP contribution in [0.25, 0.3) is 0 Å². The van der Waals surface area contributed by atoms with Crippen LogP contribution in [-0.2, 0) is 13.1 Å². The Morgan fingerprint density at radius 2 is 2.05 bits per heavy atom. The molecule has 2 aromatic rings. The van der Waals surface area contributed by atoms with Gasteiger partial charge in [-0.3, -0.25) is 4.90 Å². The third-order valence-electron chi connectivity index (χ3n) is 3.45. The molecule has 104 valence electrons. The number of halogens is 1. The molecule has 3 rings (SSSR count). The smallest absolute Gasteiger partial charge is 0.123 e. The van der Waals surface area contributed by atoms with Crippen molar-refractivity contribution >= 4 is 15.9 Å². The summed E-state index contributed by atoms with van der Waals surface area (Å²) in [4.78, 5) is 2.32. The van der Waals surface area contributed by atoms with Crippen LogP contribution in [0.5, 0.6) is 11.5 Å². The van der Waals surface area contributed by atoms with Gasteiger partial charge in [-0.15, -0.1) is 0 Å². The molecule has 4 heteroatoms. The Kier molecular flexibility index (Phi) is 3.94. The van der Waals surface area contributed by atoms with E-state index in [1.807, 2.05) is 30.3 Å². The molecular weight excluding hydrogens is 318 g/mol. The minimum atomic E-state index is 0.301. The lowest BCUT2D eigenvalue weighted by atomic mass is 10.1. The number of phenolic OH excluding ortho intramolecular Hbond substituents is 1. The van der Waals surface area contributed by atoms with Crippen molar-refractivity contribution in [2.75, 3.05) is 13.2 Å². The van der Waals surface area contributed by atoms with Gasteiger partial charge in [0.05, 0.1) is 0 Å². The van der Waals surface area contributed by atoms with Crippen LogP contribution in [0, 0.1) is 0 Å². The lowest BCUT2D eigenvalue weighted by Crippen LogP contribution is -2.25. The summed E-state index contributed by atoms with van der Waals surface area (Å²) >= 11 is 3.54. The predicted octanol–water partition coefficient (Wildman–Crippen LogP) is 3.55. The first kappa shape index (κ1) is 13.5. The first-order valence-electron chi connectivity index (χ1n) is 6.63. The standard InChI is InChI=1S/C16H16BrNO2/c17-15-6-5-14(19)9-13(15)11-18-7-8-20-16-4-2-1-3-12(16)10-18/h1-6,9,19H,7-8,10-11H2. The lowest BCUT2D eigenvalue weighted by Gasteiger charge is -2.20. The fourth-order valence-corrected chi connectivity index (χ4v) is 2.81. The van der Waals surface area contributed by atoms with E-state index in [1.165, 1.54) is 5.56 Å². The van der Waals surface area contributed by atoms with Crippen molar-refractivity contribution < 1.29 is 9.84 Å². The molecule has 0 saturated heterocycles. The highest BCUT2D eigenvalue weighted by atomic mass is 79.9. The minimum absolute atomic E-state index is 0.301.